The van der Waals surface area contributed by atoms with Gasteiger partial charge in [0.15, 0.2) is 0 Å². The van der Waals surface area contributed by atoms with E-state index in [1.807, 2.05) is 26.2 Å². The number of benzene rings is 1. The fourth-order valence-electron chi connectivity index (χ4n) is 1.33. The van der Waals surface area contributed by atoms with E-state index >= 15 is 0 Å². The molecule has 0 unspecified atom stereocenters. The first-order chi connectivity index (χ1) is 8.80. The van der Waals surface area contributed by atoms with Crippen LogP contribution < -0.4 is 4.74 Å². The van der Waals surface area contributed by atoms with Gasteiger partial charge in [-0.1, -0.05) is 60.6 Å². The molecule has 0 bridgehead atoms. The number of allylic oxidation sites excluding steroid dienone is 1. The molecule has 1 aromatic carbocycles. The van der Waals surface area contributed by atoms with Crippen molar-refractivity contribution in [1.29, 1.82) is 0 Å². The van der Waals surface area contributed by atoms with E-state index < -0.39 is 0 Å². The number of rotatable bonds is 3. The molecule has 0 saturated heterocycles. The van der Waals surface area contributed by atoms with E-state index in [0.717, 1.165) is 5.75 Å². The van der Waals surface area contributed by atoms with Crippen LogP contribution in [-0.4, -0.2) is 0 Å². The monoisotopic (exact) mass is 262 g/mol. The topological polar surface area (TPSA) is 9.23 Å². The van der Waals surface area contributed by atoms with Gasteiger partial charge in [-0.15, -0.1) is 0 Å². The van der Waals surface area contributed by atoms with Crippen molar-refractivity contribution < 1.29 is 4.74 Å². The van der Waals surface area contributed by atoms with Crippen molar-refractivity contribution in [2.75, 3.05) is 0 Å². The standard InChI is InChI=1S/C16H24O.C2H6/c1-12(2)13(3)11-17-15-9-7-8-14(10-15)16(4,5)6;1-2/h7-12H,1-6H3;1-2H3/b13-11+;. The Hall–Kier alpha value is -1.24. The summed E-state index contributed by atoms with van der Waals surface area (Å²) in [5.41, 5.74) is 2.72. The van der Waals surface area contributed by atoms with Gasteiger partial charge in [-0.25, -0.2) is 0 Å². The highest BCUT2D eigenvalue weighted by molar-refractivity contribution is 5.33. The van der Waals surface area contributed by atoms with Gasteiger partial charge in [0.05, 0.1) is 6.26 Å². The molecule has 0 aromatic heterocycles. The molecule has 1 nitrogen and oxygen atoms in total. The van der Waals surface area contributed by atoms with E-state index in [1.165, 1.54) is 11.1 Å². The van der Waals surface area contributed by atoms with Gasteiger partial charge in [0, 0.05) is 0 Å². The molecular formula is C18H30O. The number of hydrogen-bond donors (Lipinski definition) is 0. The number of hydrogen-bond acceptors (Lipinski definition) is 1. The summed E-state index contributed by atoms with van der Waals surface area (Å²) >= 11 is 0. The molecule has 0 fully saturated rings. The first kappa shape index (κ1) is 17.8. The molecule has 0 saturated carbocycles. The molecule has 0 aliphatic heterocycles. The van der Waals surface area contributed by atoms with Crippen LogP contribution in [0.2, 0.25) is 0 Å². The molecule has 0 atom stereocenters. The Morgan fingerprint density at radius 1 is 1.16 bits per heavy atom. The Balaban J connectivity index is 0.00000154. The summed E-state index contributed by atoms with van der Waals surface area (Å²) in [6.07, 6.45) is 1.85. The third-order valence-electron chi connectivity index (χ3n) is 2.99. The minimum atomic E-state index is 0.163. The van der Waals surface area contributed by atoms with Crippen molar-refractivity contribution in [1.82, 2.24) is 0 Å². The van der Waals surface area contributed by atoms with Crippen LogP contribution in [0.15, 0.2) is 36.1 Å². The number of ether oxygens (including phenoxy) is 1. The van der Waals surface area contributed by atoms with Crippen molar-refractivity contribution >= 4 is 0 Å². The lowest BCUT2D eigenvalue weighted by Gasteiger charge is -2.19. The Kier molecular flexibility index (Phi) is 7.51. The van der Waals surface area contributed by atoms with Crippen LogP contribution in [0.4, 0.5) is 0 Å². The average molecular weight is 262 g/mol. The van der Waals surface area contributed by atoms with Crippen LogP contribution in [0.3, 0.4) is 0 Å². The summed E-state index contributed by atoms with van der Waals surface area (Å²) < 4.78 is 5.70. The zero-order valence-corrected chi connectivity index (χ0v) is 13.9. The molecule has 0 spiro atoms. The van der Waals surface area contributed by atoms with Crippen molar-refractivity contribution in [3.63, 3.8) is 0 Å². The quantitative estimate of drug-likeness (QED) is 0.612. The van der Waals surface area contributed by atoms with Crippen molar-refractivity contribution in [2.45, 2.75) is 60.8 Å². The highest BCUT2D eigenvalue weighted by Crippen LogP contribution is 2.25. The van der Waals surface area contributed by atoms with Gasteiger partial charge in [0.1, 0.15) is 5.75 Å². The second-order valence-electron chi connectivity index (χ2n) is 5.91. The third kappa shape index (κ3) is 6.47. The van der Waals surface area contributed by atoms with Crippen LogP contribution in [0, 0.1) is 5.92 Å². The van der Waals surface area contributed by atoms with Gasteiger partial charge in [-0.05, 0) is 41.5 Å². The molecule has 0 amide bonds. The van der Waals surface area contributed by atoms with E-state index in [9.17, 15) is 0 Å². The molecule has 1 rings (SSSR count). The van der Waals surface area contributed by atoms with Gasteiger partial charge in [-0.3, -0.25) is 0 Å². The van der Waals surface area contributed by atoms with E-state index in [1.54, 1.807) is 0 Å². The molecule has 0 aliphatic rings. The van der Waals surface area contributed by atoms with Crippen LogP contribution in [0.1, 0.15) is 61.0 Å². The summed E-state index contributed by atoms with van der Waals surface area (Å²) in [4.78, 5) is 0. The normalized spacial score (nSPS) is 11.9. The van der Waals surface area contributed by atoms with Gasteiger partial charge >= 0.3 is 0 Å². The molecule has 0 radical (unpaired) electrons. The first-order valence-corrected chi connectivity index (χ1v) is 7.24. The van der Waals surface area contributed by atoms with Gasteiger partial charge < -0.3 is 4.74 Å². The molecule has 1 aromatic rings. The maximum atomic E-state index is 5.70. The fraction of sp³-hybridized carbons (Fsp3) is 0.556. The zero-order valence-electron chi connectivity index (χ0n) is 13.9. The second kappa shape index (κ2) is 8.04. The first-order valence-electron chi connectivity index (χ1n) is 7.24. The smallest absolute Gasteiger partial charge is 0.126 e. The van der Waals surface area contributed by atoms with E-state index in [2.05, 4.69) is 59.7 Å². The molecule has 1 heteroatoms. The van der Waals surface area contributed by atoms with Gasteiger partial charge in [-0.2, -0.15) is 0 Å². The van der Waals surface area contributed by atoms with Crippen molar-refractivity contribution in [3.05, 3.63) is 41.7 Å². The Morgan fingerprint density at radius 3 is 2.21 bits per heavy atom. The highest BCUT2D eigenvalue weighted by Gasteiger charge is 2.13. The zero-order chi connectivity index (χ0) is 15.1. The maximum Gasteiger partial charge on any atom is 0.126 e. The molecule has 0 N–H and O–H groups in total. The molecular weight excluding hydrogens is 232 g/mol. The van der Waals surface area contributed by atoms with Crippen molar-refractivity contribution in [2.24, 2.45) is 5.92 Å². The minimum Gasteiger partial charge on any atom is -0.465 e. The maximum absolute atomic E-state index is 5.70. The average Bonchev–Trinajstić information content (AvgIpc) is 2.37. The lowest BCUT2D eigenvalue weighted by Crippen LogP contribution is -2.10. The predicted octanol–water partition coefficient (Wildman–Crippen LogP) is 5.95. The Labute approximate surface area is 119 Å². The molecule has 108 valence electrons. The van der Waals surface area contributed by atoms with E-state index in [-0.39, 0.29) is 5.41 Å². The van der Waals surface area contributed by atoms with Crippen LogP contribution in [-0.2, 0) is 5.41 Å². The molecule has 0 aliphatic carbocycles. The summed E-state index contributed by atoms with van der Waals surface area (Å²) in [6, 6.07) is 8.31. The lowest BCUT2D eigenvalue weighted by molar-refractivity contribution is 0.464. The Morgan fingerprint density at radius 2 is 1.74 bits per heavy atom. The predicted molar refractivity (Wildman–Crippen MR) is 85.7 cm³/mol. The Bertz CT molecular complexity index is 394. The summed E-state index contributed by atoms with van der Waals surface area (Å²) in [5.74, 6) is 1.44. The minimum absolute atomic E-state index is 0.163. The summed E-state index contributed by atoms with van der Waals surface area (Å²) in [7, 11) is 0. The van der Waals surface area contributed by atoms with E-state index in [4.69, 9.17) is 4.74 Å². The van der Waals surface area contributed by atoms with Crippen molar-refractivity contribution in [3.8, 4) is 5.75 Å². The van der Waals surface area contributed by atoms with Gasteiger partial charge in [0.2, 0.25) is 0 Å². The lowest BCUT2D eigenvalue weighted by atomic mass is 9.87. The van der Waals surface area contributed by atoms with Crippen LogP contribution in [0.25, 0.3) is 0 Å². The van der Waals surface area contributed by atoms with Gasteiger partial charge in [0.25, 0.3) is 0 Å². The molecule has 19 heavy (non-hydrogen) atoms. The molecule has 0 heterocycles. The van der Waals surface area contributed by atoms with Crippen LogP contribution >= 0.6 is 0 Å². The summed E-state index contributed by atoms with van der Waals surface area (Å²) in [6.45, 7) is 17.1. The summed E-state index contributed by atoms with van der Waals surface area (Å²) in [5, 5.41) is 0. The van der Waals surface area contributed by atoms with Crippen LogP contribution in [0.5, 0.6) is 5.75 Å². The third-order valence-corrected chi connectivity index (χ3v) is 2.99. The highest BCUT2D eigenvalue weighted by atomic mass is 16.5. The fourth-order valence-corrected chi connectivity index (χ4v) is 1.33. The second-order valence-corrected chi connectivity index (χ2v) is 5.91. The SMILES string of the molecule is C/C(=C\Oc1cccc(C(C)(C)C)c1)C(C)C.CC. The van der Waals surface area contributed by atoms with E-state index in [0.29, 0.717) is 5.92 Å². The largest absolute Gasteiger partial charge is 0.465 e.